The van der Waals surface area contributed by atoms with Gasteiger partial charge in [0.1, 0.15) is 5.82 Å². The summed E-state index contributed by atoms with van der Waals surface area (Å²) in [5, 5.41) is 0. The number of likely N-dealkylation sites (tertiary alicyclic amines) is 1. The van der Waals surface area contributed by atoms with Gasteiger partial charge in [0.05, 0.1) is 0 Å². The minimum absolute atomic E-state index is 0.115. The lowest BCUT2D eigenvalue weighted by molar-refractivity contribution is 0.324. The fourth-order valence-corrected chi connectivity index (χ4v) is 2.95. The number of benzene rings is 2. The molecule has 3 rings (SSSR count). The molecule has 1 aliphatic rings. The van der Waals surface area contributed by atoms with Crippen LogP contribution >= 0.6 is 0 Å². The number of hydrogen-bond donors (Lipinski definition) is 1. The smallest absolute Gasteiger partial charge is 0.123 e. The van der Waals surface area contributed by atoms with E-state index in [2.05, 4.69) is 29.2 Å². The van der Waals surface area contributed by atoms with Gasteiger partial charge in [-0.25, -0.2) is 4.39 Å². The monoisotopic (exact) mass is 270 g/mol. The standard InChI is InChI=1S/C17H19FN2/c18-15-8-6-14(7-9-15)16-11-20(12-17(16)19)10-13-4-2-1-3-5-13/h1-9,16-17H,10-12,19H2/t16-,17+/m1/s1. The first kappa shape index (κ1) is 13.3. The summed E-state index contributed by atoms with van der Waals surface area (Å²) in [6.45, 7) is 2.74. The second kappa shape index (κ2) is 5.73. The van der Waals surface area contributed by atoms with Crippen molar-refractivity contribution >= 4 is 0 Å². The Morgan fingerprint density at radius 2 is 1.70 bits per heavy atom. The molecule has 0 spiro atoms. The summed E-state index contributed by atoms with van der Waals surface area (Å²) in [7, 11) is 0. The molecule has 1 fully saturated rings. The molecule has 2 N–H and O–H groups in total. The van der Waals surface area contributed by atoms with E-state index in [4.69, 9.17) is 5.73 Å². The molecule has 0 bridgehead atoms. The molecule has 0 aliphatic carbocycles. The minimum atomic E-state index is -0.193. The maximum Gasteiger partial charge on any atom is 0.123 e. The van der Waals surface area contributed by atoms with E-state index < -0.39 is 0 Å². The minimum Gasteiger partial charge on any atom is -0.326 e. The highest BCUT2D eigenvalue weighted by atomic mass is 19.1. The van der Waals surface area contributed by atoms with Crippen molar-refractivity contribution < 1.29 is 4.39 Å². The predicted molar refractivity (Wildman–Crippen MR) is 78.8 cm³/mol. The Labute approximate surface area is 119 Å². The Hall–Kier alpha value is -1.71. The summed E-state index contributed by atoms with van der Waals surface area (Å²) in [6.07, 6.45) is 0. The van der Waals surface area contributed by atoms with Crippen molar-refractivity contribution in [3.8, 4) is 0 Å². The van der Waals surface area contributed by atoms with Crippen molar-refractivity contribution in [1.82, 2.24) is 4.90 Å². The first-order valence-electron chi connectivity index (χ1n) is 7.00. The van der Waals surface area contributed by atoms with E-state index in [1.165, 1.54) is 17.7 Å². The van der Waals surface area contributed by atoms with Crippen LogP contribution in [-0.4, -0.2) is 24.0 Å². The van der Waals surface area contributed by atoms with Crippen LogP contribution in [0, 0.1) is 5.82 Å². The van der Waals surface area contributed by atoms with Gasteiger partial charge in [0.2, 0.25) is 0 Å². The van der Waals surface area contributed by atoms with Crippen LogP contribution in [0.2, 0.25) is 0 Å². The van der Waals surface area contributed by atoms with Gasteiger partial charge in [-0.3, -0.25) is 4.90 Å². The lowest BCUT2D eigenvalue weighted by Crippen LogP contribution is -2.28. The average molecular weight is 270 g/mol. The third kappa shape index (κ3) is 2.89. The van der Waals surface area contributed by atoms with Crippen molar-refractivity contribution in [3.63, 3.8) is 0 Å². The second-order valence-electron chi connectivity index (χ2n) is 5.50. The Balaban J connectivity index is 1.69. The first-order valence-corrected chi connectivity index (χ1v) is 7.00. The van der Waals surface area contributed by atoms with Crippen LogP contribution in [0.3, 0.4) is 0 Å². The topological polar surface area (TPSA) is 29.3 Å². The van der Waals surface area contributed by atoms with E-state index in [1.807, 2.05) is 18.2 Å². The molecule has 1 aliphatic heterocycles. The number of hydrogen-bond acceptors (Lipinski definition) is 2. The molecule has 0 unspecified atom stereocenters. The van der Waals surface area contributed by atoms with Gasteiger partial charge < -0.3 is 5.73 Å². The van der Waals surface area contributed by atoms with E-state index in [1.54, 1.807) is 0 Å². The zero-order valence-electron chi connectivity index (χ0n) is 11.4. The quantitative estimate of drug-likeness (QED) is 0.929. The molecule has 2 aromatic carbocycles. The fourth-order valence-electron chi connectivity index (χ4n) is 2.95. The predicted octanol–water partition coefficient (Wildman–Crippen LogP) is 2.75. The second-order valence-corrected chi connectivity index (χ2v) is 5.50. The third-order valence-electron chi connectivity index (χ3n) is 3.99. The molecule has 0 amide bonds. The van der Waals surface area contributed by atoms with Crippen LogP contribution in [0.5, 0.6) is 0 Å². The average Bonchev–Trinajstić information content (AvgIpc) is 2.81. The van der Waals surface area contributed by atoms with Gasteiger partial charge in [-0.15, -0.1) is 0 Å². The first-order chi connectivity index (χ1) is 9.72. The molecule has 2 atom stereocenters. The molecule has 104 valence electrons. The molecule has 0 aromatic heterocycles. The Morgan fingerprint density at radius 3 is 2.40 bits per heavy atom. The molecule has 2 aromatic rings. The maximum absolute atomic E-state index is 13.0. The molecule has 1 saturated heterocycles. The molecule has 3 heteroatoms. The van der Waals surface area contributed by atoms with E-state index in [-0.39, 0.29) is 11.9 Å². The molecule has 0 saturated carbocycles. The number of nitrogens with two attached hydrogens (primary N) is 1. The lowest BCUT2D eigenvalue weighted by atomic mass is 9.95. The summed E-state index contributed by atoms with van der Waals surface area (Å²) < 4.78 is 13.0. The van der Waals surface area contributed by atoms with Crippen LogP contribution in [0.25, 0.3) is 0 Å². The number of halogens is 1. The molecule has 2 nitrogen and oxygen atoms in total. The van der Waals surface area contributed by atoms with Crippen LogP contribution in [0.1, 0.15) is 17.0 Å². The third-order valence-corrected chi connectivity index (χ3v) is 3.99. The largest absolute Gasteiger partial charge is 0.326 e. The number of nitrogens with zero attached hydrogens (tertiary/aromatic N) is 1. The van der Waals surface area contributed by atoms with Gasteiger partial charge in [-0.05, 0) is 23.3 Å². The van der Waals surface area contributed by atoms with Crippen molar-refractivity contribution in [2.45, 2.75) is 18.5 Å². The highest BCUT2D eigenvalue weighted by molar-refractivity contribution is 5.24. The zero-order chi connectivity index (χ0) is 13.9. The number of rotatable bonds is 3. The Kier molecular flexibility index (Phi) is 3.81. The van der Waals surface area contributed by atoms with E-state index >= 15 is 0 Å². The van der Waals surface area contributed by atoms with Gasteiger partial charge >= 0.3 is 0 Å². The maximum atomic E-state index is 13.0. The van der Waals surface area contributed by atoms with Crippen LogP contribution in [-0.2, 0) is 6.54 Å². The molecule has 0 radical (unpaired) electrons. The molecule has 20 heavy (non-hydrogen) atoms. The van der Waals surface area contributed by atoms with Gasteiger partial charge in [-0.2, -0.15) is 0 Å². The summed E-state index contributed by atoms with van der Waals surface area (Å²) in [5.74, 6) is 0.0979. The summed E-state index contributed by atoms with van der Waals surface area (Å²) in [6, 6.07) is 17.3. The summed E-state index contributed by atoms with van der Waals surface area (Å²) in [5.41, 5.74) is 8.70. The van der Waals surface area contributed by atoms with Gasteiger partial charge in [-0.1, -0.05) is 42.5 Å². The zero-order valence-corrected chi connectivity index (χ0v) is 11.4. The van der Waals surface area contributed by atoms with Gasteiger partial charge in [0, 0.05) is 31.6 Å². The normalized spacial score (nSPS) is 23.1. The van der Waals surface area contributed by atoms with Crippen molar-refractivity contribution in [2.75, 3.05) is 13.1 Å². The van der Waals surface area contributed by atoms with Crippen LogP contribution in [0.15, 0.2) is 54.6 Å². The SMILES string of the molecule is N[C@H]1CN(Cc2ccccc2)C[C@@H]1c1ccc(F)cc1. The fraction of sp³-hybridized carbons (Fsp3) is 0.294. The van der Waals surface area contributed by atoms with Crippen LogP contribution in [0.4, 0.5) is 4.39 Å². The summed E-state index contributed by atoms with van der Waals surface area (Å²) >= 11 is 0. The highest BCUT2D eigenvalue weighted by Crippen LogP contribution is 2.27. The van der Waals surface area contributed by atoms with Crippen molar-refractivity contribution in [3.05, 3.63) is 71.5 Å². The van der Waals surface area contributed by atoms with Crippen molar-refractivity contribution in [2.24, 2.45) is 5.73 Å². The van der Waals surface area contributed by atoms with Gasteiger partial charge in [0.15, 0.2) is 0 Å². The van der Waals surface area contributed by atoms with E-state index in [0.29, 0.717) is 5.92 Å². The van der Waals surface area contributed by atoms with E-state index in [9.17, 15) is 4.39 Å². The molecular weight excluding hydrogens is 251 g/mol. The highest BCUT2D eigenvalue weighted by Gasteiger charge is 2.31. The lowest BCUT2D eigenvalue weighted by Gasteiger charge is -2.16. The van der Waals surface area contributed by atoms with Crippen LogP contribution < -0.4 is 5.73 Å². The molecule has 1 heterocycles. The molecular formula is C17H19FN2. The Morgan fingerprint density at radius 1 is 1.00 bits per heavy atom. The van der Waals surface area contributed by atoms with Crippen molar-refractivity contribution in [1.29, 1.82) is 0 Å². The Bertz CT molecular complexity index is 553. The van der Waals surface area contributed by atoms with Gasteiger partial charge in [0.25, 0.3) is 0 Å². The summed E-state index contributed by atoms with van der Waals surface area (Å²) in [4.78, 5) is 2.37. The van der Waals surface area contributed by atoms with E-state index in [0.717, 1.165) is 25.2 Å².